The maximum absolute atomic E-state index is 12.2. The first-order valence-electron chi connectivity index (χ1n) is 8.01. The highest BCUT2D eigenvalue weighted by atomic mass is 16.1. The molecule has 3 rings (SSSR count). The van der Waals surface area contributed by atoms with E-state index in [1.54, 1.807) is 4.68 Å². The number of rotatable bonds is 6. The second-order valence-corrected chi connectivity index (χ2v) is 5.91. The second-order valence-electron chi connectivity index (χ2n) is 5.91. The lowest BCUT2D eigenvalue weighted by Gasteiger charge is -2.12. The summed E-state index contributed by atoms with van der Waals surface area (Å²) >= 11 is 0. The number of aromatic nitrogens is 4. The molecule has 128 valence electrons. The zero-order chi connectivity index (χ0) is 17.6. The Morgan fingerprint density at radius 3 is 2.64 bits per heavy atom. The van der Waals surface area contributed by atoms with Gasteiger partial charge < -0.3 is 10.2 Å². The van der Waals surface area contributed by atoms with E-state index in [1.807, 2.05) is 43.3 Å². The van der Waals surface area contributed by atoms with E-state index < -0.39 is 0 Å². The van der Waals surface area contributed by atoms with Crippen LogP contribution in [0.15, 0.2) is 54.9 Å². The number of hydrogen-bond acceptors (Lipinski definition) is 5. The largest absolute Gasteiger partial charge is 0.378 e. The van der Waals surface area contributed by atoms with Crippen molar-refractivity contribution in [3.63, 3.8) is 0 Å². The average Bonchev–Trinajstić information content (AvgIpc) is 3.15. The van der Waals surface area contributed by atoms with Gasteiger partial charge in [0.15, 0.2) is 0 Å². The van der Waals surface area contributed by atoms with Crippen molar-refractivity contribution in [3.05, 3.63) is 60.4 Å². The monoisotopic (exact) mass is 336 g/mol. The standard InChI is InChI=1S/C18H20N6O/c1-23(2)16-9-6-14(7-10-16)8-11-18(25)20-15-4-3-5-17(12-15)24-13-19-21-22-24/h3-7,9-10,12-13H,8,11H2,1-2H3,(H,20,25). The number of amides is 1. The minimum Gasteiger partial charge on any atom is -0.378 e. The van der Waals surface area contributed by atoms with Crippen LogP contribution in [0.3, 0.4) is 0 Å². The highest BCUT2D eigenvalue weighted by molar-refractivity contribution is 5.91. The predicted molar refractivity (Wildman–Crippen MR) is 96.9 cm³/mol. The molecule has 25 heavy (non-hydrogen) atoms. The van der Waals surface area contributed by atoms with Gasteiger partial charge in [0.1, 0.15) is 6.33 Å². The molecular weight excluding hydrogens is 316 g/mol. The zero-order valence-electron chi connectivity index (χ0n) is 14.3. The van der Waals surface area contributed by atoms with E-state index in [9.17, 15) is 4.79 Å². The van der Waals surface area contributed by atoms with Gasteiger partial charge in [0.05, 0.1) is 5.69 Å². The number of carbonyl (C=O) groups excluding carboxylic acids is 1. The molecule has 0 aliphatic rings. The van der Waals surface area contributed by atoms with E-state index >= 15 is 0 Å². The molecule has 1 aromatic heterocycles. The van der Waals surface area contributed by atoms with Crippen molar-refractivity contribution in [1.82, 2.24) is 20.2 Å². The SMILES string of the molecule is CN(C)c1ccc(CCC(=O)Nc2cccc(-n3cnnn3)c2)cc1. The van der Waals surface area contributed by atoms with Crippen molar-refractivity contribution in [2.75, 3.05) is 24.3 Å². The quantitative estimate of drug-likeness (QED) is 0.747. The number of nitrogens with one attached hydrogen (secondary N) is 1. The van der Waals surface area contributed by atoms with Gasteiger partial charge in [-0.25, -0.2) is 4.68 Å². The minimum atomic E-state index is -0.0226. The highest BCUT2D eigenvalue weighted by Gasteiger charge is 2.06. The molecule has 1 amide bonds. The van der Waals surface area contributed by atoms with Crippen LogP contribution in [0, 0.1) is 0 Å². The Morgan fingerprint density at radius 1 is 1.16 bits per heavy atom. The molecule has 0 spiro atoms. The summed E-state index contributed by atoms with van der Waals surface area (Å²) in [5.74, 6) is -0.0226. The molecule has 0 fully saturated rings. The summed E-state index contributed by atoms with van der Waals surface area (Å²) in [4.78, 5) is 14.2. The highest BCUT2D eigenvalue weighted by Crippen LogP contribution is 2.15. The van der Waals surface area contributed by atoms with Crippen molar-refractivity contribution in [3.8, 4) is 5.69 Å². The van der Waals surface area contributed by atoms with Crippen LogP contribution in [0.5, 0.6) is 0 Å². The van der Waals surface area contributed by atoms with E-state index in [-0.39, 0.29) is 5.91 Å². The summed E-state index contributed by atoms with van der Waals surface area (Å²) in [6.07, 6.45) is 2.64. The van der Waals surface area contributed by atoms with Crippen LogP contribution in [0.1, 0.15) is 12.0 Å². The third kappa shape index (κ3) is 4.41. The molecule has 7 heteroatoms. The molecule has 1 N–H and O–H groups in total. The third-order valence-electron chi connectivity index (χ3n) is 3.84. The third-order valence-corrected chi connectivity index (χ3v) is 3.84. The molecular formula is C18H20N6O. The Bertz CT molecular complexity index is 827. The molecule has 1 heterocycles. The average molecular weight is 336 g/mol. The Morgan fingerprint density at radius 2 is 1.96 bits per heavy atom. The lowest BCUT2D eigenvalue weighted by molar-refractivity contribution is -0.116. The van der Waals surface area contributed by atoms with Gasteiger partial charge in [-0.1, -0.05) is 18.2 Å². The molecule has 0 saturated carbocycles. The number of anilines is 2. The maximum atomic E-state index is 12.2. The summed E-state index contributed by atoms with van der Waals surface area (Å²) in [5.41, 5.74) is 3.80. The molecule has 0 radical (unpaired) electrons. The maximum Gasteiger partial charge on any atom is 0.224 e. The van der Waals surface area contributed by atoms with Crippen LogP contribution in [0.2, 0.25) is 0 Å². The summed E-state index contributed by atoms with van der Waals surface area (Å²) in [5, 5.41) is 14.0. The number of hydrogen-bond donors (Lipinski definition) is 1. The van der Waals surface area contributed by atoms with Gasteiger partial charge in [0.25, 0.3) is 0 Å². The van der Waals surface area contributed by atoms with Gasteiger partial charge in [-0.3, -0.25) is 4.79 Å². The minimum absolute atomic E-state index is 0.0226. The van der Waals surface area contributed by atoms with E-state index in [2.05, 4.69) is 45.1 Å². The molecule has 0 atom stereocenters. The molecule has 7 nitrogen and oxygen atoms in total. The van der Waals surface area contributed by atoms with Gasteiger partial charge >= 0.3 is 0 Å². The lowest BCUT2D eigenvalue weighted by atomic mass is 10.1. The summed E-state index contributed by atoms with van der Waals surface area (Å²) in [6, 6.07) is 15.6. The van der Waals surface area contributed by atoms with E-state index in [1.165, 1.54) is 6.33 Å². The van der Waals surface area contributed by atoms with Crippen molar-refractivity contribution < 1.29 is 4.79 Å². The van der Waals surface area contributed by atoms with E-state index in [0.29, 0.717) is 12.8 Å². The Balaban J connectivity index is 1.57. The summed E-state index contributed by atoms with van der Waals surface area (Å²) < 4.78 is 1.54. The Kier molecular flexibility index (Phi) is 5.03. The van der Waals surface area contributed by atoms with Crippen LogP contribution in [-0.2, 0) is 11.2 Å². The predicted octanol–water partition coefficient (Wildman–Crippen LogP) is 2.30. The summed E-state index contributed by atoms with van der Waals surface area (Å²) in [7, 11) is 4.01. The fraction of sp³-hybridized carbons (Fsp3) is 0.222. The van der Waals surface area contributed by atoms with Crippen molar-refractivity contribution in [2.45, 2.75) is 12.8 Å². The fourth-order valence-corrected chi connectivity index (χ4v) is 2.45. The van der Waals surface area contributed by atoms with E-state index in [4.69, 9.17) is 0 Å². The van der Waals surface area contributed by atoms with Crippen molar-refractivity contribution >= 4 is 17.3 Å². The van der Waals surface area contributed by atoms with Crippen LogP contribution in [0.25, 0.3) is 5.69 Å². The number of benzene rings is 2. The van der Waals surface area contributed by atoms with Gasteiger partial charge in [-0.15, -0.1) is 5.10 Å². The molecule has 0 aliphatic heterocycles. The van der Waals surface area contributed by atoms with Gasteiger partial charge in [0.2, 0.25) is 5.91 Å². The van der Waals surface area contributed by atoms with Crippen molar-refractivity contribution in [1.29, 1.82) is 0 Å². The molecule has 0 unspecified atom stereocenters. The van der Waals surface area contributed by atoms with Gasteiger partial charge in [0, 0.05) is 31.9 Å². The van der Waals surface area contributed by atoms with Crippen molar-refractivity contribution in [2.24, 2.45) is 0 Å². The van der Waals surface area contributed by atoms with E-state index in [0.717, 1.165) is 22.6 Å². The first-order chi connectivity index (χ1) is 12.1. The second kappa shape index (κ2) is 7.57. The fourth-order valence-electron chi connectivity index (χ4n) is 2.45. The van der Waals surface area contributed by atoms with Gasteiger partial charge in [-0.05, 0) is 52.7 Å². The smallest absolute Gasteiger partial charge is 0.224 e. The normalized spacial score (nSPS) is 10.5. The molecule has 0 bridgehead atoms. The van der Waals surface area contributed by atoms with Crippen LogP contribution >= 0.6 is 0 Å². The Labute approximate surface area is 146 Å². The van der Waals surface area contributed by atoms with Crippen LogP contribution in [0.4, 0.5) is 11.4 Å². The van der Waals surface area contributed by atoms with Gasteiger partial charge in [-0.2, -0.15) is 0 Å². The Hall–Kier alpha value is -3.22. The number of aryl methyl sites for hydroxylation is 1. The molecule has 3 aromatic rings. The number of tetrazole rings is 1. The van der Waals surface area contributed by atoms with Crippen LogP contribution < -0.4 is 10.2 Å². The lowest BCUT2D eigenvalue weighted by Crippen LogP contribution is -2.13. The topological polar surface area (TPSA) is 75.9 Å². The molecule has 2 aromatic carbocycles. The number of carbonyl (C=O) groups is 1. The summed E-state index contributed by atoms with van der Waals surface area (Å²) in [6.45, 7) is 0. The molecule has 0 saturated heterocycles. The zero-order valence-corrected chi connectivity index (χ0v) is 14.3. The van der Waals surface area contributed by atoms with Crippen LogP contribution in [-0.4, -0.2) is 40.2 Å². The first kappa shape index (κ1) is 16.6. The first-order valence-corrected chi connectivity index (χ1v) is 8.01. The molecule has 0 aliphatic carbocycles. The number of nitrogens with zero attached hydrogens (tertiary/aromatic N) is 5.